The molecule has 2 amide bonds. The van der Waals surface area contributed by atoms with Crippen molar-refractivity contribution in [1.82, 2.24) is 4.90 Å². The van der Waals surface area contributed by atoms with Crippen molar-refractivity contribution in [2.45, 2.75) is 32.4 Å². The van der Waals surface area contributed by atoms with E-state index in [1.54, 1.807) is 20.8 Å². The number of methoxy groups -OCH3 is 1. The van der Waals surface area contributed by atoms with E-state index in [4.69, 9.17) is 4.74 Å². The van der Waals surface area contributed by atoms with Crippen molar-refractivity contribution in [3.8, 4) is 0 Å². The molecule has 0 aromatic rings. The van der Waals surface area contributed by atoms with Gasteiger partial charge in [-0.3, -0.25) is 0 Å². The number of imide groups is 1. The van der Waals surface area contributed by atoms with Gasteiger partial charge in [-0.2, -0.15) is 4.90 Å². The van der Waals surface area contributed by atoms with Crippen LogP contribution in [0.3, 0.4) is 0 Å². The fourth-order valence-electron chi connectivity index (χ4n) is 1.24. The lowest BCUT2D eigenvalue weighted by Gasteiger charge is -2.24. The van der Waals surface area contributed by atoms with Crippen LogP contribution in [0.2, 0.25) is 0 Å². The van der Waals surface area contributed by atoms with E-state index in [2.05, 4.69) is 9.47 Å². The van der Waals surface area contributed by atoms with E-state index in [1.165, 1.54) is 7.11 Å². The van der Waals surface area contributed by atoms with Crippen LogP contribution in [-0.4, -0.2) is 48.4 Å². The minimum atomic E-state index is -1.08. The summed E-state index contributed by atoms with van der Waals surface area (Å²) >= 11 is 0. The molecule has 1 aliphatic rings. The molecular formula is C10H15NO6. The normalized spacial score (nSPS) is 19.9. The fourth-order valence-corrected chi connectivity index (χ4v) is 1.24. The highest BCUT2D eigenvalue weighted by atomic mass is 16.6. The van der Waals surface area contributed by atoms with Crippen LogP contribution in [0, 0.1) is 0 Å². The van der Waals surface area contributed by atoms with Crippen LogP contribution in [0.25, 0.3) is 0 Å². The van der Waals surface area contributed by atoms with E-state index in [0.29, 0.717) is 4.90 Å². The van der Waals surface area contributed by atoms with Gasteiger partial charge in [-0.25, -0.2) is 14.4 Å². The van der Waals surface area contributed by atoms with E-state index in [9.17, 15) is 14.4 Å². The van der Waals surface area contributed by atoms with E-state index in [1.807, 2.05) is 0 Å². The van der Waals surface area contributed by atoms with E-state index in [0.717, 1.165) is 0 Å². The molecule has 1 atom stereocenters. The maximum absolute atomic E-state index is 11.7. The lowest BCUT2D eigenvalue weighted by molar-refractivity contribution is -0.145. The second-order valence-electron chi connectivity index (χ2n) is 4.47. The van der Waals surface area contributed by atoms with Crippen LogP contribution in [0.4, 0.5) is 9.59 Å². The third-order valence-corrected chi connectivity index (χ3v) is 1.94. The SMILES string of the molecule is COC(=O)C1COC(=O)N1C(=O)OC(C)(C)C. The van der Waals surface area contributed by atoms with Crippen molar-refractivity contribution in [3.63, 3.8) is 0 Å². The Morgan fingerprint density at radius 2 is 2.00 bits per heavy atom. The predicted octanol–water partition coefficient (Wildman–Crippen LogP) is 0.915. The molecule has 1 fully saturated rings. The van der Waals surface area contributed by atoms with E-state index >= 15 is 0 Å². The van der Waals surface area contributed by atoms with Crippen molar-refractivity contribution in [3.05, 3.63) is 0 Å². The highest BCUT2D eigenvalue weighted by molar-refractivity contribution is 5.96. The Labute approximate surface area is 98.6 Å². The molecule has 0 saturated carbocycles. The van der Waals surface area contributed by atoms with Gasteiger partial charge < -0.3 is 14.2 Å². The molecule has 0 spiro atoms. The van der Waals surface area contributed by atoms with Gasteiger partial charge in [-0.1, -0.05) is 0 Å². The number of carbonyl (C=O) groups is 3. The summed E-state index contributed by atoms with van der Waals surface area (Å²) in [6.45, 7) is 4.74. The highest BCUT2D eigenvalue weighted by Crippen LogP contribution is 2.18. The van der Waals surface area contributed by atoms with E-state index < -0.39 is 29.8 Å². The summed E-state index contributed by atoms with van der Waals surface area (Å²) in [4.78, 5) is 35.0. The second kappa shape index (κ2) is 4.60. The van der Waals surface area contributed by atoms with Gasteiger partial charge >= 0.3 is 18.2 Å². The summed E-state index contributed by atoms with van der Waals surface area (Å²) < 4.78 is 14.1. The number of hydrogen-bond donors (Lipinski definition) is 0. The van der Waals surface area contributed by atoms with Gasteiger partial charge in [0.25, 0.3) is 0 Å². The molecule has 1 unspecified atom stereocenters. The molecule has 1 saturated heterocycles. The van der Waals surface area contributed by atoms with Crippen molar-refractivity contribution in [2.75, 3.05) is 13.7 Å². The zero-order chi connectivity index (χ0) is 13.2. The van der Waals surface area contributed by atoms with Gasteiger partial charge in [0.15, 0.2) is 6.04 Å². The first-order valence-electron chi connectivity index (χ1n) is 5.03. The highest BCUT2D eigenvalue weighted by Gasteiger charge is 2.45. The van der Waals surface area contributed by atoms with Gasteiger partial charge in [0.2, 0.25) is 0 Å². The van der Waals surface area contributed by atoms with Crippen LogP contribution < -0.4 is 0 Å². The number of esters is 1. The fraction of sp³-hybridized carbons (Fsp3) is 0.700. The zero-order valence-electron chi connectivity index (χ0n) is 10.2. The van der Waals surface area contributed by atoms with Crippen LogP contribution >= 0.6 is 0 Å². The van der Waals surface area contributed by atoms with Crippen molar-refractivity contribution < 1.29 is 28.6 Å². The van der Waals surface area contributed by atoms with Crippen LogP contribution in [0.5, 0.6) is 0 Å². The molecule has 0 aliphatic carbocycles. The van der Waals surface area contributed by atoms with Gasteiger partial charge in [-0.15, -0.1) is 0 Å². The summed E-state index contributed by atoms with van der Waals surface area (Å²) in [6, 6.07) is -1.08. The number of rotatable bonds is 1. The first-order chi connectivity index (χ1) is 7.76. The van der Waals surface area contributed by atoms with E-state index in [-0.39, 0.29) is 6.61 Å². The number of hydrogen-bond acceptors (Lipinski definition) is 6. The number of nitrogens with zero attached hydrogens (tertiary/aromatic N) is 1. The Bertz CT molecular complexity index is 345. The monoisotopic (exact) mass is 245 g/mol. The summed E-state index contributed by atoms with van der Waals surface area (Å²) in [7, 11) is 1.17. The third kappa shape index (κ3) is 3.08. The van der Waals surface area contributed by atoms with Crippen LogP contribution in [0.15, 0.2) is 0 Å². The number of amides is 2. The Hall–Kier alpha value is -1.79. The standard InChI is InChI=1S/C10H15NO6/c1-10(2,3)17-9(14)11-6(7(12)15-4)5-16-8(11)13/h6H,5H2,1-4H3. The van der Waals surface area contributed by atoms with Crippen molar-refractivity contribution >= 4 is 18.2 Å². The lowest BCUT2D eigenvalue weighted by Crippen LogP contribution is -2.46. The first-order valence-corrected chi connectivity index (χ1v) is 5.03. The molecule has 0 N–H and O–H groups in total. The molecule has 0 aromatic carbocycles. The molecule has 0 radical (unpaired) electrons. The topological polar surface area (TPSA) is 82.1 Å². The molecule has 0 bridgehead atoms. The van der Waals surface area contributed by atoms with Gasteiger partial charge in [0, 0.05) is 0 Å². The molecular weight excluding hydrogens is 230 g/mol. The molecule has 1 rings (SSSR count). The molecule has 96 valence electrons. The largest absolute Gasteiger partial charge is 0.467 e. The predicted molar refractivity (Wildman–Crippen MR) is 55.2 cm³/mol. The molecule has 1 aliphatic heterocycles. The summed E-state index contributed by atoms with van der Waals surface area (Å²) in [6.07, 6.45) is -1.83. The average molecular weight is 245 g/mol. The Morgan fingerprint density at radius 3 is 2.47 bits per heavy atom. The Kier molecular flexibility index (Phi) is 3.59. The summed E-state index contributed by atoms with van der Waals surface area (Å²) in [5, 5.41) is 0. The number of carbonyl (C=O) groups excluding carboxylic acids is 3. The smallest absolute Gasteiger partial charge is 0.420 e. The zero-order valence-corrected chi connectivity index (χ0v) is 10.2. The number of cyclic esters (lactones) is 1. The maximum atomic E-state index is 11.7. The second-order valence-corrected chi connectivity index (χ2v) is 4.47. The minimum Gasteiger partial charge on any atom is -0.467 e. The minimum absolute atomic E-state index is 0.218. The average Bonchev–Trinajstić information content (AvgIpc) is 2.56. The van der Waals surface area contributed by atoms with Gasteiger partial charge in [0.1, 0.15) is 12.2 Å². The Morgan fingerprint density at radius 1 is 1.41 bits per heavy atom. The molecule has 1 heterocycles. The third-order valence-electron chi connectivity index (χ3n) is 1.94. The first kappa shape index (κ1) is 13.3. The Balaban J connectivity index is 2.81. The van der Waals surface area contributed by atoms with Crippen molar-refractivity contribution in [1.29, 1.82) is 0 Å². The summed E-state index contributed by atoms with van der Waals surface area (Å²) in [5.74, 6) is -0.721. The number of ether oxygens (including phenoxy) is 3. The molecule has 7 nitrogen and oxygen atoms in total. The van der Waals surface area contributed by atoms with Crippen LogP contribution in [-0.2, 0) is 19.0 Å². The van der Waals surface area contributed by atoms with Gasteiger partial charge in [-0.05, 0) is 20.8 Å². The molecule has 0 aromatic heterocycles. The molecule has 7 heteroatoms. The van der Waals surface area contributed by atoms with Gasteiger partial charge in [0.05, 0.1) is 7.11 Å². The quantitative estimate of drug-likeness (QED) is 0.504. The molecule has 17 heavy (non-hydrogen) atoms. The van der Waals surface area contributed by atoms with Crippen molar-refractivity contribution in [2.24, 2.45) is 0 Å². The maximum Gasteiger partial charge on any atom is 0.420 e. The summed E-state index contributed by atoms with van der Waals surface area (Å²) in [5.41, 5.74) is -0.763. The lowest BCUT2D eigenvalue weighted by atomic mass is 10.2. The van der Waals surface area contributed by atoms with Crippen LogP contribution in [0.1, 0.15) is 20.8 Å².